The molecule has 0 saturated carbocycles. The number of benzene rings is 4. The second-order valence-electron chi connectivity index (χ2n) is 7.87. The van der Waals surface area contributed by atoms with Gasteiger partial charge in [0.05, 0.1) is 36.9 Å². The van der Waals surface area contributed by atoms with Gasteiger partial charge in [0.15, 0.2) is 0 Å². The summed E-state index contributed by atoms with van der Waals surface area (Å²) in [5.74, 6) is 0.773. The highest BCUT2D eigenvalue weighted by Crippen LogP contribution is 2.30. The fraction of sp³-hybridized carbons (Fsp3) is 0.107. The predicted molar refractivity (Wildman–Crippen MR) is 140 cm³/mol. The van der Waals surface area contributed by atoms with Crippen LogP contribution in [0.1, 0.15) is 15.9 Å². The lowest BCUT2D eigenvalue weighted by atomic mass is 10.1. The van der Waals surface area contributed by atoms with Crippen LogP contribution in [0, 0.1) is 0 Å². The van der Waals surface area contributed by atoms with E-state index in [0.717, 1.165) is 5.56 Å². The molecule has 0 aliphatic rings. The summed E-state index contributed by atoms with van der Waals surface area (Å²) in [6, 6.07) is 29.0. The molecule has 36 heavy (non-hydrogen) atoms. The van der Waals surface area contributed by atoms with E-state index in [1.165, 1.54) is 23.5 Å². The molecule has 0 bridgehead atoms. The summed E-state index contributed by atoms with van der Waals surface area (Å²) in [4.78, 5) is 13.4. The first-order chi connectivity index (χ1) is 17.4. The molecule has 0 heterocycles. The number of ether oxygens (including phenoxy) is 2. The van der Waals surface area contributed by atoms with Gasteiger partial charge in [-0.2, -0.15) is 0 Å². The van der Waals surface area contributed by atoms with Crippen molar-refractivity contribution in [3.05, 3.63) is 114 Å². The van der Waals surface area contributed by atoms with Crippen molar-refractivity contribution in [2.75, 3.05) is 23.8 Å². The number of nitrogens with one attached hydrogen (secondary N) is 1. The molecule has 0 unspecified atom stereocenters. The second kappa shape index (κ2) is 11.0. The van der Waals surface area contributed by atoms with E-state index in [2.05, 4.69) is 5.32 Å². The van der Waals surface area contributed by atoms with Crippen molar-refractivity contribution >= 4 is 27.3 Å². The molecule has 4 aromatic rings. The zero-order chi connectivity index (χ0) is 25.5. The van der Waals surface area contributed by atoms with Crippen molar-refractivity contribution in [2.24, 2.45) is 0 Å². The number of hydrogen-bond acceptors (Lipinski definition) is 5. The van der Waals surface area contributed by atoms with Crippen molar-refractivity contribution in [1.82, 2.24) is 0 Å². The summed E-state index contributed by atoms with van der Waals surface area (Å²) in [5.41, 5.74) is 1.83. The van der Waals surface area contributed by atoms with E-state index in [1.807, 2.05) is 30.3 Å². The first-order valence-corrected chi connectivity index (χ1v) is 12.6. The maximum absolute atomic E-state index is 13.9. The van der Waals surface area contributed by atoms with Gasteiger partial charge in [-0.15, -0.1) is 0 Å². The SMILES string of the molecule is COc1ccc(NC(=O)c2ccccc2N(Cc2ccccc2)S(=O)(=O)c2ccc(OC)cc2)cc1. The van der Waals surface area contributed by atoms with Gasteiger partial charge in [0.2, 0.25) is 0 Å². The van der Waals surface area contributed by atoms with E-state index in [-0.39, 0.29) is 22.7 Å². The van der Waals surface area contributed by atoms with Gasteiger partial charge in [0.25, 0.3) is 15.9 Å². The average Bonchev–Trinajstić information content (AvgIpc) is 2.92. The number of nitrogens with zero attached hydrogens (tertiary/aromatic N) is 1. The third-order valence-electron chi connectivity index (χ3n) is 5.58. The maximum atomic E-state index is 13.9. The Morgan fingerprint density at radius 3 is 1.92 bits per heavy atom. The molecule has 0 radical (unpaired) electrons. The Hall–Kier alpha value is -4.30. The first kappa shape index (κ1) is 24.8. The molecule has 0 saturated heterocycles. The maximum Gasteiger partial charge on any atom is 0.264 e. The summed E-state index contributed by atoms with van der Waals surface area (Å²) < 4.78 is 39.4. The van der Waals surface area contributed by atoms with Gasteiger partial charge in [-0.05, 0) is 66.2 Å². The van der Waals surface area contributed by atoms with Crippen LogP contribution in [0.15, 0.2) is 108 Å². The molecule has 184 valence electrons. The molecular weight excluding hydrogens is 476 g/mol. The molecule has 1 N–H and O–H groups in total. The molecule has 0 aliphatic carbocycles. The topological polar surface area (TPSA) is 84.9 Å². The molecule has 0 fully saturated rings. The smallest absolute Gasteiger partial charge is 0.264 e. The minimum atomic E-state index is -4.03. The number of carbonyl (C=O) groups excluding carboxylic acids is 1. The Balaban J connectivity index is 1.75. The molecule has 4 rings (SSSR count). The number of rotatable bonds is 9. The summed E-state index contributed by atoms with van der Waals surface area (Å²) in [5, 5.41) is 2.84. The summed E-state index contributed by atoms with van der Waals surface area (Å²) in [6.45, 7) is 0.0437. The highest BCUT2D eigenvalue weighted by atomic mass is 32.2. The average molecular weight is 503 g/mol. The number of hydrogen-bond donors (Lipinski definition) is 1. The van der Waals surface area contributed by atoms with Gasteiger partial charge in [-0.3, -0.25) is 9.10 Å². The van der Waals surface area contributed by atoms with Gasteiger partial charge in [0, 0.05) is 5.69 Å². The van der Waals surface area contributed by atoms with Gasteiger partial charge < -0.3 is 14.8 Å². The summed E-state index contributed by atoms with van der Waals surface area (Å²) in [6.07, 6.45) is 0. The number of para-hydroxylation sites is 1. The van der Waals surface area contributed by atoms with E-state index in [1.54, 1.807) is 67.8 Å². The number of carbonyl (C=O) groups is 1. The van der Waals surface area contributed by atoms with Crippen molar-refractivity contribution in [2.45, 2.75) is 11.4 Å². The van der Waals surface area contributed by atoms with Crippen molar-refractivity contribution in [3.8, 4) is 11.5 Å². The largest absolute Gasteiger partial charge is 0.497 e. The Bertz CT molecular complexity index is 1420. The third-order valence-corrected chi connectivity index (χ3v) is 7.36. The molecule has 0 atom stereocenters. The fourth-order valence-electron chi connectivity index (χ4n) is 3.68. The fourth-order valence-corrected chi connectivity index (χ4v) is 5.15. The zero-order valence-electron chi connectivity index (χ0n) is 19.9. The molecule has 7 nitrogen and oxygen atoms in total. The lowest BCUT2D eigenvalue weighted by Gasteiger charge is -2.26. The highest BCUT2D eigenvalue weighted by molar-refractivity contribution is 7.92. The van der Waals surface area contributed by atoms with Crippen LogP contribution >= 0.6 is 0 Å². The molecule has 0 spiro atoms. The molecule has 0 aliphatic heterocycles. The van der Waals surface area contributed by atoms with E-state index < -0.39 is 15.9 Å². The summed E-state index contributed by atoms with van der Waals surface area (Å²) in [7, 11) is -0.953. The normalized spacial score (nSPS) is 10.9. The number of sulfonamides is 1. The molecule has 4 aromatic carbocycles. The van der Waals surface area contributed by atoms with Crippen molar-refractivity contribution < 1.29 is 22.7 Å². The van der Waals surface area contributed by atoms with Gasteiger partial charge >= 0.3 is 0 Å². The highest BCUT2D eigenvalue weighted by Gasteiger charge is 2.28. The number of methoxy groups -OCH3 is 2. The third kappa shape index (κ3) is 5.50. The van der Waals surface area contributed by atoms with E-state index in [9.17, 15) is 13.2 Å². The Kier molecular flexibility index (Phi) is 7.56. The lowest BCUT2D eigenvalue weighted by molar-refractivity contribution is 0.102. The van der Waals surface area contributed by atoms with Crippen LogP contribution in [0.5, 0.6) is 11.5 Å². The van der Waals surface area contributed by atoms with Gasteiger partial charge in [-0.1, -0.05) is 42.5 Å². The van der Waals surface area contributed by atoms with E-state index in [0.29, 0.717) is 17.2 Å². The van der Waals surface area contributed by atoms with Crippen LogP contribution in [0.4, 0.5) is 11.4 Å². The molecule has 0 aromatic heterocycles. The van der Waals surface area contributed by atoms with Crippen LogP contribution in [0.2, 0.25) is 0 Å². The summed E-state index contributed by atoms with van der Waals surface area (Å²) >= 11 is 0. The molecular formula is C28H26N2O5S. The van der Waals surface area contributed by atoms with E-state index >= 15 is 0 Å². The molecule has 1 amide bonds. The lowest BCUT2D eigenvalue weighted by Crippen LogP contribution is -2.32. The van der Waals surface area contributed by atoms with Crippen LogP contribution in [0.3, 0.4) is 0 Å². The number of amides is 1. The van der Waals surface area contributed by atoms with Crippen LogP contribution in [-0.2, 0) is 16.6 Å². The second-order valence-corrected chi connectivity index (χ2v) is 9.73. The Morgan fingerprint density at radius 2 is 1.31 bits per heavy atom. The quantitative estimate of drug-likeness (QED) is 0.333. The molecule has 8 heteroatoms. The van der Waals surface area contributed by atoms with Crippen LogP contribution in [0.25, 0.3) is 0 Å². The Morgan fingerprint density at radius 1 is 0.750 bits per heavy atom. The van der Waals surface area contributed by atoms with Crippen molar-refractivity contribution in [1.29, 1.82) is 0 Å². The van der Waals surface area contributed by atoms with Crippen LogP contribution in [-0.4, -0.2) is 28.5 Å². The first-order valence-electron chi connectivity index (χ1n) is 11.2. The zero-order valence-corrected chi connectivity index (χ0v) is 20.7. The Labute approximate surface area is 211 Å². The standard InChI is InChI=1S/C28H26N2O5S/c1-34-23-14-12-22(13-15-23)29-28(31)26-10-6-7-11-27(26)30(20-21-8-4-3-5-9-21)36(32,33)25-18-16-24(35-2)17-19-25/h3-19H,20H2,1-2H3,(H,29,31). The van der Waals surface area contributed by atoms with Crippen LogP contribution < -0.4 is 19.1 Å². The minimum absolute atomic E-state index is 0.0437. The minimum Gasteiger partial charge on any atom is -0.497 e. The van der Waals surface area contributed by atoms with Crippen molar-refractivity contribution in [3.63, 3.8) is 0 Å². The van der Waals surface area contributed by atoms with Gasteiger partial charge in [0.1, 0.15) is 11.5 Å². The van der Waals surface area contributed by atoms with Gasteiger partial charge in [-0.25, -0.2) is 8.42 Å². The van der Waals surface area contributed by atoms with E-state index in [4.69, 9.17) is 9.47 Å². The predicted octanol–water partition coefficient (Wildman–Crippen LogP) is 5.35. The number of anilines is 2. The monoisotopic (exact) mass is 502 g/mol.